The molecule has 0 heterocycles. The van der Waals surface area contributed by atoms with Gasteiger partial charge >= 0.3 is 6.03 Å². The Balaban J connectivity index is 3.88. The van der Waals surface area contributed by atoms with E-state index >= 15 is 0 Å². The quantitative estimate of drug-likeness (QED) is 0.514. The van der Waals surface area contributed by atoms with Crippen LogP contribution >= 0.6 is 0 Å². The van der Waals surface area contributed by atoms with E-state index in [4.69, 9.17) is 0 Å². The highest BCUT2D eigenvalue weighted by atomic mass is 16.2. The third-order valence-corrected chi connectivity index (χ3v) is 0.655. The van der Waals surface area contributed by atoms with E-state index < -0.39 is 6.03 Å². The number of amides is 2. The zero-order chi connectivity index (χ0) is 8.20. The maximum Gasteiger partial charge on any atom is 0.358 e. The fourth-order valence-electron chi connectivity index (χ4n) is 0.245. The average molecular weight is 143 g/mol. The van der Waals surface area contributed by atoms with Crippen LogP contribution in [0, 0.1) is 0 Å². The molecule has 0 fully saturated rings. The third-order valence-electron chi connectivity index (χ3n) is 0.655. The Bertz CT molecular complexity index is 146. The molecule has 0 aromatic heterocycles. The summed E-state index contributed by atoms with van der Waals surface area (Å²) in [6.45, 7) is 5.62. The van der Waals surface area contributed by atoms with E-state index in [0.29, 0.717) is 0 Å². The van der Waals surface area contributed by atoms with Crippen LogP contribution in [0.5, 0.6) is 0 Å². The van der Waals surface area contributed by atoms with Gasteiger partial charge in [-0.2, -0.15) is 5.11 Å². The first kappa shape index (κ1) is 9.07. The molecule has 0 rings (SSSR count). The molecule has 0 spiro atoms. The number of carbonyl (C=O) groups is 1. The van der Waals surface area contributed by atoms with E-state index in [2.05, 4.69) is 15.5 Å². The largest absolute Gasteiger partial charge is 0.358 e. The smallest absolute Gasteiger partial charge is 0.338 e. The van der Waals surface area contributed by atoms with Gasteiger partial charge in [0.15, 0.2) is 0 Å². The molecule has 0 atom stereocenters. The van der Waals surface area contributed by atoms with Crippen molar-refractivity contribution in [3.63, 3.8) is 0 Å². The highest BCUT2D eigenvalue weighted by molar-refractivity contribution is 5.73. The lowest BCUT2D eigenvalue weighted by Crippen LogP contribution is -2.15. The summed E-state index contributed by atoms with van der Waals surface area (Å²) in [5.74, 6) is 0. The van der Waals surface area contributed by atoms with Crippen molar-refractivity contribution >= 4 is 6.03 Å². The Labute approximate surface area is 60.7 Å². The molecule has 1 N–H and O–H groups in total. The average Bonchev–Trinajstić information content (AvgIpc) is 1.81. The molecule has 0 aliphatic rings. The zero-order valence-corrected chi connectivity index (χ0v) is 6.80. The second-order valence-corrected chi connectivity index (χ2v) is 2.93. The number of rotatable bonds is 0. The number of nitrogens with zero attached hydrogens (tertiary/aromatic N) is 2. The van der Waals surface area contributed by atoms with Crippen molar-refractivity contribution in [2.45, 2.75) is 26.3 Å². The fourth-order valence-corrected chi connectivity index (χ4v) is 0.245. The van der Waals surface area contributed by atoms with Crippen LogP contribution < -0.4 is 5.32 Å². The Morgan fingerprint density at radius 2 is 1.90 bits per heavy atom. The van der Waals surface area contributed by atoms with E-state index in [0.717, 1.165) is 0 Å². The Morgan fingerprint density at radius 3 is 2.20 bits per heavy atom. The lowest BCUT2D eigenvalue weighted by atomic mass is 10.1. The van der Waals surface area contributed by atoms with Crippen molar-refractivity contribution in [1.29, 1.82) is 0 Å². The molecule has 0 aromatic carbocycles. The van der Waals surface area contributed by atoms with Crippen LogP contribution in [-0.4, -0.2) is 18.6 Å². The van der Waals surface area contributed by atoms with Crippen LogP contribution in [0.4, 0.5) is 4.79 Å². The van der Waals surface area contributed by atoms with Gasteiger partial charge in [-0.25, -0.2) is 4.79 Å². The summed E-state index contributed by atoms with van der Waals surface area (Å²) in [6.07, 6.45) is 0. The van der Waals surface area contributed by atoms with Gasteiger partial charge in [-0.1, -0.05) is 5.11 Å². The van der Waals surface area contributed by atoms with Gasteiger partial charge in [-0.05, 0) is 20.8 Å². The monoisotopic (exact) mass is 143 g/mol. The van der Waals surface area contributed by atoms with Crippen molar-refractivity contribution in [2.75, 3.05) is 7.05 Å². The van der Waals surface area contributed by atoms with Crippen molar-refractivity contribution < 1.29 is 4.79 Å². The second-order valence-electron chi connectivity index (χ2n) is 2.93. The highest BCUT2D eigenvalue weighted by Crippen LogP contribution is 2.06. The molecule has 2 amide bonds. The van der Waals surface area contributed by atoms with E-state index in [9.17, 15) is 4.79 Å². The molecular formula is C6H13N3O. The van der Waals surface area contributed by atoms with Crippen LogP contribution in [0.2, 0.25) is 0 Å². The maximum atomic E-state index is 10.5. The fraction of sp³-hybridized carbons (Fsp3) is 0.833. The van der Waals surface area contributed by atoms with Gasteiger partial charge in [0.25, 0.3) is 0 Å². The van der Waals surface area contributed by atoms with E-state index in [1.165, 1.54) is 7.05 Å². The molecule has 0 aliphatic carbocycles. The van der Waals surface area contributed by atoms with Gasteiger partial charge in [-0.3, -0.25) is 0 Å². The minimum absolute atomic E-state index is 0.271. The molecule has 4 heteroatoms. The molecule has 0 unspecified atom stereocenters. The van der Waals surface area contributed by atoms with Crippen molar-refractivity contribution in [3.05, 3.63) is 0 Å². The Kier molecular flexibility index (Phi) is 2.99. The molecule has 0 saturated carbocycles. The van der Waals surface area contributed by atoms with Crippen LogP contribution in [0.3, 0.4) is 0 Å². The number of urea groups is 1. The standard InChI is InChI=1S/C6H13N3O/c1-6(2,3)9-8-5(10)7-4/h1-4H3,(H,7,10). The second kappa shape index (κ2) is 3.29. The molecule has 0 bridgehead atoms. The highest BCUT2D eigenvalue weighted by Gasteiger charge is 2.07. The summed E-state index contributed by atoms with van der Waals surface area (Å²) >= 11 is 0. The number of carbonyl (C=O) groups excluding carboxylic acids is 1. The SMILES string of the molecule is CNC(=O)N=NC(C)(C)C. The summed E-state index contributed by atoms with van der Waals surface area (Å²) < 4.78 is 0. The van der Waals surface area contributed by atoms with Gasteiger partial charge < -0.3 is 5.32 Å². The minimum Gasteiger partial charge on any atom is -0.338 e. The lowest BCUT2D eigenvalue weighted by molar-refractivity contribution is 0.248. The van der Waals surface area contributed by atoms with Crippen LogP contribution in [0.25, 0.3) is 0 Å². The topological polar surface area (TPSA) is 53.8 Å². The number of nitrogens with one attached hydrogen (secondary N) is 1. The lowest BCUT2D eigenvalue weighted by Gasteiger charge is -2.07. The van der Waals surface area contributed by atoms with Crippen LogP contribution in [-0.2, 0) is 0 Å². The maximum absolute atomic E-state index is 10.5. The van der Waals surface area contributed by atoms with Gasteiger partial charge in [0.2, 0.25) is 0 Å². The van der Waals surface area contributed by atoms with Gasteiger partial charge in [0, 0.05) is 7.05 Å². The predicted octanol–water partition coefficient (Wildman–Crippen LogP) is 1.58. The molecule has 4 nitrogen and oxygen atoms in total. The minimum atomic E-state index is -0.407. The van der Waals surface area contributed by atoms with Crippen molar-refractivity contribution in [1.82, 2.24) is 5.32 Å². The van der Waals surface area contributed by atoms with Crippen LogP contribution in [0.15, 0.2) is 10.2 Å². The zero-order valence-electron chi connectivity index (χ0n) is 6.80. The normalized spacial score (nSPS) is 12.0. The summed E-state index contributed by atoms with van der Waals surface area (Å²) in [7, 11) is 1.52. The van der Waals surface area contributed by atoms with E-state index in [1.807, 2.05) is 20.8 Å². The summed E-state index contributed by atoms with van der Waals surface area (Å²) in [5, 5.41) is 9.47. The number of hydrogen-bond donors (Lipinski definition) is 1. The van der Waals surface area contributed by atoms with Crippen LogP contribution in [0.1, 0.15) is 20.8 Å². The Hall–Kier alpha value is -0.930. The molecular weight excluding hydrogens is 130 g/mol. The molecule has 58 valence electrons. The molecule has 0 aliphatic heterocycles. The summed E-state index contributed by atoms with van der Waals surface area (Å²) in [4.78, 5) is 10.5. The van der Waals surface area contributed by atoms with E-state index in [-0.39, 0.29) is 5.54 Å². The molecule has 0 aromatic rings. The van der Waals surface area contributed by atoms with E-state index in [1.54, 1.807) is 0 Å². The summed E-state index contributed by atoms with van der Waals surface area (Å²) in [5.41, 5.74) is -0.271. The number of hydrogen-bond acceptors (Lipinski definition) is 2. The first-order valence-electron chi connectivity index (χ1n) is 3.10. The summed E-state index contributed by atoms with van der Waals surface area (Å²) in [6, 6.07) is -0.407. The van der Waals surface area contributed by atoms with Gasteiger partial charge in [0.1, 0.15) is 0 Å². The van der Waals surface area contributed by atoms with Gasteiger partial charge in [-0.15, -0.1) is 0 Å². The predicted molar refractivity (Wildman–Crippen MR) is 39.1 cm³/mol. The Morgan fingerprint density at radius 1 is 1.40 bits per heavy atom. The molecule has 10 heavy (non-hydrogen) atoms. The molecule has 0 saturated heterocycles. The first-order valence-corrected chi connectivity index (χ1v) is 3.10. The number of azo groups is 1. The first-order chi connectivity index (χ1) is 4.45. The van der Waals surface area contributed by atoms with Crippen molar-refractivity contribution in [3.8, 4) is 0 Å². The third kappa shape index (κ3) is 5.21. The van der Waals surface area contributed by atoms with Gasteiger partial charge in [0.05, 0.1) is 5.54 Å². The van der Waals surface area contributed by atoms with Crippen molar-refractivity contribution in [2.24, 2.45) is 10.2 Å². The molecule has 0 radical (unpaired) electrons.